The number of tetrazole rings is 1. The highest BCUT2D eigenvalue weighted by molar-refractivity contribution is 6.40. The minimum atomic E-state index is -1.26. The van der Waals surface area contributed by atoms with Gasteiger partial charge in [-0.05, 0) is 47.3 Å². The van der Waals surface area contributed by atoms with Crippen molar-refractivity contribution in [2.45, 2.75) is 44.6 Å². The highest BCUT2D eigenvalue weighted by Gasteiger charge is 2.15. The van der Waals surface area contributed by atoms with Gasteiger partial charge in [-0.2, -0.15) is 0 Å². The Kier molecular flexibility index (Phi) is 6.51. The van der Waals surface area contributed by atoms with Gasteiger partial charge in [0.2, 0.25) is 0 Å². The van der Waals surface area contributed by atoms with Gasteiger partial charge in [-0.3, -0.25) is 0 Å². The number of unbranched alkanes of at least 4 members (excludes halogenated alkanes) is 1. The van der Waals surface area contributed by atoms with Crippen LogP contribution in [0.25, 0.3) is 0 Å². The van der Waals surface area contributed by atoms with Crippen molar-refractivity contribution in [2.24, 2.45) is 5.73 Å². The summed E-state index contributed by atoms with van der Waals surface area (Å²) in [6, 6.07) is 6.74. The van der Waals surface area contributed by atoms with Crippen LogP contribution in [0.4, 0.5) is 0 Å². The number of rotatable bonds is 9. The molecule has 0 saturated heterocycles. The molecule has 23 heavy (non-hydrogen) atoms. The molecule has 1 atom stereocenters. The Hall–Kier alpha value is -1.97. The quantitative estimate of drug-likeness (QED) is 0.385. The maximum atomic E-state index is 9.28. The monoisotopic (exact) mass is 319 g/mol. The van der Waals surface area contributed by atoms with E-state index in [0.717, 1.165) is 18.4 Å². The van der Waals surface area contributed by atoms with Gasteiger partial charge in [0.15, 0.2) is 5.82 Å². The van der Waals surface area contributed by atoms with Crippen molar-refractivity contribution < 1.29 is 15.2 Å². The van der Waals surface area contributed by atoms with Crippen molar-refractivity contribution in [3.63, 3.8) is 0 Å². The molecule has 1 unspecified atom stereocenters. The number of phenolic OH excluding ortho intramolecular Hbond substituents is 1. The Balaban J connectivity index is 1.84. The van der Waals surface area contributed by atoms with E-state index in [-0.39, 0.29) is 11.8 Å². The summed E-state index contributed by atoms with van der Waals surface area (Å²) in [6.07, 6.45) is 3.25. The van der Waals surface area contributed by atoms with Crippen LogP contribution in [0.5, 0.6) is 5.75 Å². The van der Waals surface area contributed by atoms with Gasteiger partial charge < -0.3 is 20.9 Å². The molecule has 9 heteroatoms. The molecule has 0 amide bonds. The van der Waals surface area contributed by atoms with Crippen molar-refractivity contribution in [2.75, 3.05) is 0 Å². The molecule has 0 saturated carbocycles. The van der Waals surface area contributed by atoms with E-state index in [1.54, 1.807) is 16.8 Å². The van der Waals surface area contributed by atoms with Crippen LogP contribution >= 0.6 is 0 Å². The summed E-state index contributed by atoms with van der Waals surface area (Å²) in [5.41, 5.74) is 7.20. The SMILES string of the molecule is NC(CCCCB(O)O)c1nnnn1CCc1ccc(O)cc1. The molecular formula is C14H22BN5O3. The van der Waals surface area contributed by atoms with Crippen molar-refractivity contribution in [1.82, 2.24) is 20.2 Å². The molecule has 2 rings (SSSR count). The number of aryl methyl sites for hydroxylation is 2. The molecule has 0 radical (unpaired) electrons. The zero-order valence-corrected chi connectivity index (χ0v) is 12.9. The molecular weight excluding hydrogens is 297 g/mol. The normalized spacial score (nSPS) is 12.3. The first-order chi connectivity index (χ1) is 11.1. The number of benzene rings is 1. The van der Waals surface area contributed by atoms with Gasteiger partial charge in [0.25, 0.3) is 0 Å². The predicted octanol–water partition coefficient (Wildman–Crippen LogP) is 0.264. The number of nitrogens with two attached hydrogens (primary N) is 1. The Bertz CT molecular complexity index is 590. The van der Waals surface area contributed by atoms with Crippen LogP contribution in [0.3, 0.4) is 0 Å². The average Bonchev–Trinajstić information content (AvgIpc) is 2.99. The van der Waals surface area contributed by atoms with E-state index < -0.39 is 7.12 Å². The number of aromatic nitrogens is 4. The first kappa shape index (κ1) is 17.4. The fourth-order valence-corrected chi connectivity index (χ4v) is 2.35. The standard InChI is InChI=1S/C14H22BN5O3/c16-13(3-1-2-9-15(22)23)14-17-18-19-20(14)10-8-11-4-6-12(21)7-5-11/h4-7,13,21-23H,1-3,8-10,16H2. The summed E-state index contributed by atoms with van der Waals surface area (Å²) < 4.78 is 1.69. The molecule has 1 aromatic heterocycles. The van der Waals surface area contributed by atoms with Gasteiger partial charge in [0.05, 0.1) is 6.04 Å². The molecule has 1 aromatic carbocycles. The molecule has 0 aliphatic heterocycles. The molecule has 8 nitrogen and oxygen atoms in total. The molecule has 0 spiro atoms. The lowest BCUT2D eigenvalue weighted by Crippen LogP contribution is -2.18. The van der Waals surface area contributed by atoms with Gasteiger partial charge in [0, 0.05) is 6.54 Å². The lowest BCUT2D eigenvalue weighted by molar-refractivity contribution is 0.400. The first-order valence-corrected chi connectivity index (χ1v) is 7.72. The van der Waals surface area contributed by atoms with Crippen LogP contribution in [0.2, 0.25) is 6.32 Å². The van der Waals surface area contributed by atoms with Gasteiger partial charge >= 0.3 is 7.12 Å². The van der Waals surface area contributed by atoms with E-state index in [4.69, 9.17) is 15.8 Å². The van der Waals surface area contributed by atoms with Gasteiger partial charge in [-0.25, -0.2) is 4.68 Å². The van der Waals surface area contributed by atoms with E-state index in [0.29, 0.717) is 31.5 Å². The Morgan fingerprint density at radius 2 is 1.91 bits per heavy atom. The van der Waals surface area contributed by atoms with Crippen LogP contribution in [-0.2, 0) is 13.0 Å². The van der Waals surface area contributed by atoms with Crippen molar-refractivity contribution in [3.05, 3.63) is 35.7 Å². The maximum Gasteiger partial charge on any atom is 0.451 e. The van der Waals surface area contributed by atoms with E-state index >= 15 is 0 Å². The van der Waals surface area contributed by atoms with Crippen LogP contribution in [0, 0.1) is 0 Å². The molecule has 1 heterocycles. The van der Waals surface area contributed by atoms with Crippen LogP contribution < -0.4 is 5.73 Å². The first-order valence-electron chi connectivity index (χ1n) is 7.72. The molecule has 0 fully saturated rings. The third-order valence-electron chi connectivity index (χ3n) is 3.67. The topological polar surface area (TPSA) is 130 Å². The second kappa shape index (κ2) is 8.61. The molecule has 0 aliphatic rings. The fourth-order valence-electron chi connectivity index (χ4n) is 2.35. The Morgan fingerprint density at radius 3 is 2.61 bits per heavy atom. The lowest BCUT2D eigenvalue weighted by atomic mass is 9.83. The largest absolute Gasteiger partial charge is 0.508 e. The van der Waals surface area contributed by atoms with Gasteiger partial charge in [-0.1, -0.05) is 25.0 Å². The number of hydrogen-bond donors (Lipinski definition) is 4. The molecule has 0 bridgehead atoms. The lowest BCUT2D eigenvalue weighted by Gasteiger charge is -2.11. The predicted molar refractivity (Wildman–Crippen MR) is 85.4 cm³/mol. The van der Waals surface area contributed by atoms with E-state index in [1.807, 2.05) is 12.1 Å². The van der Waals surface area contributed by atoms with Crippen molar-refractivity contribution in [3.8, 4) is 5.75 Å². The summed E-state index contributed by atoms with van der Waals surface area (Å²) in [6.45, 7) is 0.607. The minimum absolute atomic E-state index is 0.242. The number of aromatic hydroxyl groups is 1. The minimum Gasteiger partial charge on any atom is -0.508 e. The van der Waals surface area contributed by atoms with Gasteiger partial charge in [0.1, 0.15) is 5.75 Å². The average molecular weight is 319 g/mol. The summed E-state index contributed by atoms with van der Waals surface area (Å²) in [4.78, 5) is 0. The number of hydrogen-bond acceptors (Lipinski definition) is 7. The second-order valence-electron chi connectivity index (χ2n) is 5.55. The second-order valence-corrected chi connectivity index (χ2v) is 5.55. The smallest absolute Gasteiger partial charge is 0.451 e. The van der Waals surface area contributed by atoms with Crippen molar-refractivity contribution in [1.29, 1.82) is 0 Å². The molecule has 0 aliphatic carbocycles. The third-order valence-corrected chi connectivity index (χ3v) is 3.67. The fraction of sp³-hybridized carbons (Fsp3) is 0.500. The zero-order valence-electron chi connectivity index (χ0n) is 12.9. The third kappa shape index (κ3) is 5.63. The molecule has 5 N–H and O–H groups in total. The highest BCUT2D eigenvalue weighted by Crippen LogP contribution is 2.16. The number of phenols is 1. The van der Waals surface area contributed by atoms with E-state index in [9.17, 15) is 5.11 Å². The summed E-state index contributed by atoms with van der Waals surface area (Å²) in [7, 11) is -1.26. The van der Waals surface area contributed by atoms with E-state index in [2.05, 4.69) is 15.5 Å². The van der Waals surface area contributed by atoms with E-state index in [1.165, 1.54) is 0 Å². The summed E-state index contributed by atoms with van der Waals surface area (Å²) in [5.74, 6) is 0.875. The summed E-state index contributed by atoms with van der Waals surface area (Å²) >= 11 is 0. The van der Waals surface area contributed by atoms with Crippen molar-refractivity contribution >= 4 is 7.12 Å². The zero-order chi connectivity index (χ0) is 16.7. The Morgan fingerprint density at radius 1 is 1.17 bits per heavy atom. The maximum absolute atomic E-state index is 9.28. The van der Waals surface area contributed by atoms with Crippen LogP contribution in [0.1, 0.15) is 36.7 Å². The summed E-state index contributed by atoms with van der Waals surface area (Å²) in [5, 5.41) is 38.6. The molecule has 2 aromatic rings. The Labute approximate surface area is 135 Å². The molecule has 124 valence electrons. The number of nitrogens with zero attached hydrogens (tertiary/aromatic N) is 4. The highest BCUT2D eigenvalue weighted by atomic mass is 16.4. The van der Waals surface area contributed by atoms with Crippen LogP contribution in [-0.4, -0.2) is 42.5 Å². The van der Waals surface area contributed by atoms with Crippen LogP contribution in [0.15, 0.2) is 24.3 Å². The van der Waals surface area contributed by atoms with Gasteiger partial charge in [-0.15, -0.1) is 5.10 Å².